The summed E-state index contributed by atoms with van der Waals surface area (Å²) in [7, 11) is 0. The second-order valence-electron chi connectivity index (χ2n) is 15.2. The quantitative estimate of drug-likeness (QED) is 0.165. The Labute approximate surface area is 449 Å². The van der Waals surface area contributed by atoms with Crippen LogP contribution >= 0.6 is 22.7 Å². The Morgan fingerprint density at radius 3 is 1.58 bits per heavy atom. The molecule has 0 atom stereocenters. The molecule has 0 fully saturated rings. The second-order valence-corrected chi connectivity index (χ2v) is 17.1. The summed E-state index contributed by atoms with van der Waals surface area (Å²) in [5, 5.41) is 7.95. The largest absolute Gasteiger partial charge is 0.319 e. The number of pyridine rings is 4. The Bertz CT molecular complexity index is 3080. The minimum atomic E-state index is 0. The van der Waals surface area contributed by atoms with Gasteiger partial charge in [-0.15, -0.1) is 100 Å². The maximum Gasteiger partial charge on any atom is 0.0167 e. The first kappa shape index (κ1) is 54.1. The third kappa shape index (κ3) is 14.2. The molecule has 4 radical (unpaired) electrons. The number of fused-ring (bicyclic) bond motifs is 3. The molecule has 338 valence electrons. The molecular weight excluding hydrogens is 1560 g/mol. The third-order valence-corrected chi connectivity index (χ3v) is 11.8. The van der Waals surface area contributed by atoms with Crippen molar-refractivity contribution in [2.45, 2.75) is 26.2 Å². The fourth-order valence-electron chi connectivity index (χ4n) is 6.69. The van der Waals surface area contributed by atoms with Crippen LogP contribution < -0.4 is 0 Å². The van der Waals surface area contributed by atoms with E-state index in [0.29, 0.717) is 0 Å². The van der Waals surface area contributed by atoms with E-state index in [1.165, 1.54) is 37.2 Å². The summed E-state index contributed by atoms with van der Waals surface area (Å²) in [5.74, 6) is 0. The first-order chi connectivity index (χ1) is 30.4. The molecule has 0 amide bonds. The molecular formula is C56H42Ir4N4S2-4. The van der Waals surface area contributed by atoms with Gasteiger partial charge in [-0.25, -0.2) is 22.7 Å². The van der Waals surface area contributed by atoms with Gasteiger partial charge in [-0.2, -0.15) is 12.1 Å². The molecule has 10 heteroatoms. The van der Waals surface area contributed by atoms with Gasteiger partial charge in [-0.3, -0.25) is 0 Å². The summed E-state index contributed by atoms with van der Waals surface area (Å²) in [6.45, 7) is 6.67. The fraction of sp³-hybridized carbons (Fsp3) is 0.0714. The molecule has 0 aliphatic heterocycles. The molecule has 6 aromatic heterocycles. The van der Waals surface area contributed by atoms with Gasteiger partial charge in [0.2, 0.25) is 0 Å². The normalized spacial score (nSPS) is 10.2. The minimum absolute atomic E-state index is 0. The van der Waals surface area contributed by atoms with E-state index in [-0.39, 0.29) is 85.8 Å². The molecule has 11 aromatic rings. The van der Waals surface area contributed by atoms with E-state index < -0.39 is 0 Å². The molecule has 0 bridgehead atoms. The van der Waals surface area contributed by atoms with Crippen LogP contribution in [0.3, 0.4) is 0 Å². The smallest absolute Gasteiger partial charge is 0.0167 e. The SMILES string of the molecule is CC(C)(C)c1cc[c-]c(-c2nccc3ccccc23)c1.[Ir].[Ir].[Ir].[Ir].[c-]1c(-c2ccccn2)sc2ccccc12.[c-]1ccccc1-c1nccc2ccccc12.[c-]1ccsc1-c1ccccn1. The topological polar surface area (TPSA) is 51.6 Å². The first-order valence-corrected chi connectivity index (χ1v) is 22.0. The van der Waals surface area contributed by atoms with Gasteiger partial charge >= 0.3 is 0 Å². The average Bonchev–Trinajstić information content (AvgIpc) is 4.05. The van der Waals surface area contributed by atoms with Crippen molar-refractivity contribution in [3.8, 4) is 43.7 Å². The van der Waals surface area contributed by atoms with Crippen molar-refractivity contribution < 1.29 is 80.4 Å². The van der Waals surface area contributed by atoms with Gasteiger partial charge in [0.1, 0.15) is 0 Å². The summed E-state index contributed by atoms with van der Waals surface area (Å²) >= 11 is 3.39. The monoisotopic (exact) mass is 1610 g/mol. The fourth-order valence-corrected chi connectivity index (χ4v) is 8.32. The van der Waals surface area contributed by atoms with Crippen LogP contribution in [0.1, 0.15) is 26.3 Å². The van der Waals surface area contributed by atoms with E-state index in [0.717, 1.165) is 43.7 Å². The first-order valence-electron chi connectivity index (χ1n) is 20.3. The Morgan fingerprint density at radius 2 is 1.02 bits per heavy atom. The van der Waals surface area contributed by atoms with Gasteiger partial charge in [0.15, 0.2) is 0 Å². The summed E-state index contributed by atoms with van der Waals surface area (Å²) in [6, 6.07) is 70.0. The predicted octanol–water partition coefficient (Wildman–Crippen LogP) is 15.1. The van der Waals surface area contributed by atoms with Gasteiger partial charge in [-0.1, -0.05) is 111 Å². The molecule has 0 spiro atoms. The number of aromatic nitrogens is 4. The van der Waals surface area contributed by atoms with Gasteiger partial charge in [0, 0.05) is 111 Å². The average molecular weight is 1600 g/mol. The molecule has 6 heterocycles. The summed E-state index contributed by atoms with van der Waals surface area (Å²) in [6.07, 6.45) is 7.32. The van der Waals surface area contributed by atoms with E-state index in [1.54, 1.807) is 28.9 Å². The molecule has 0 saturated carbocycles. The van der Waals surface area contributed by atoms with E-state index >= 15 is 0 Å². The van der Waals surface area contributed by atoms with Crippen molar-refractivity contribution in [1.29, 1.82) is 0 Å². The Kier molecular flexibility index (Phi) is 21.9. The molecule has 0 saturated heterocycles. The van der Waals surface area contributed by atoms with Crippen LogP contribution in [0, 0.1) is 24.3 Å². The molecule has 4 nitrogen and oxygen atoms in total. The number of nitrogens with zero attached hydrogens (tertiary/aromatic N) is 4. The van der Waals surface area contributed by atoms with Crippen LogP contribution in [0.5, 0.6) is 0 Å². The molecule has 66 heavy (non-hydrogen) atoms. The standard InChI is InChI=1S/C19H18N.C15H10N.C13H8NS.C9H6NS.4Ir/c1-19(2,3)16-9-6-8-15(13-16)18-17-10-5-4-7-14(17)11-12-20-18;1-2-7-13(8-3-1)15-14-9-5-4-6-12(14)10-11-16-15;1-2-7-12-10(5-1)9-13(15-12)11-6-3-4-8-14-11;1-2-6-10-8(4-1)9-5-3-7-11-9;;;;/h4-7,9-13H,1-3H3;1-7,9-11H;1-8H;1-4,6-7H;;;;/q4*-1;;;;. The minimum Gasteiger partial charge on any atom is -0.319 e. The zero-order chi connectivity index (χ0) is 42.6. The number of rotatable bonds is 4. The number of hydrogen-bond acceptors (Lipinski definition) is 6. The van der Waals surface area contributed by atoms with Crippen LogP contribution in [0.25, 0.3) is 75.3 Å². The zero-order valence-corrected chi connectivity index (χ0v) is 47.2. The molecule has 0 N–H and O–H groups in total. The van der Waals surface area contributed by atoms with Crippen molar-refractivity contribution in [2.24, 2.45) is 0 Å². The third-order valence-electron chi connectivity index (χ3n) is 9.84. The van der Waals surface area contributed by atoms with Gasteiger partial charge in [0.25, 0.3) is 0 Å². The number of thiophene rings is 2. The summed E-state index contributed by atoms with van der Waals surface area (Å²) < 4.78 is 1.26. The van der Waals surface area contributed by atoms with Crippen LogP contribution in [0.15, 0.2) is 200 Å². The van der Waals surface area contributed by atoms with E-state index in [1.807, 2.05) is 127 Å². The van der Waals surface area contributed by atoms with Crippen LogP contribution in [-0.2, 0) is 85.8 Å². The predicted molar refractivity (Wildman–Crippen MR) is 261 cm³/mol. The van der Waals surface area contributed by atoms with Crippen LogP contribution in [-0.4, -0.2) is 19.9 Å². The van der Waals surface area contributed by atoms with E-state index in [2.05, 4.69) is 132 Å². The Hall–Kier alpha value is -4.52. The summed E-state index contributed by atoms with van der Waals surface area (Å²) in [4.78, 5) is 19.7. The van der Waals surface area contributed by atoms with Crippen molar-refractivity contribution in [3.05, 3.63) is 230 Å². The Balaban J connectivity index is 0.000000192. The molecule has 0 unspecified atom stereocenters. The van der Waals surface area contributed by atoms with Crippen molar-refractivity contribution in [1.82, 2.24) is 19.9 Å². The number of benzene rings is 5. The molecule has 5 aromatic carbocycles. The van der Waals surface area contributed by atoms with Crippen molar-refractivity contribution >= 4 is 54.3 Å². The Morgan fingerprint density at radius 1 is 0.455 bits per heavy atom. The van der Waals surface area contributed by atoms with Crippen molar-refractivity contribution in [2.75, 3.05) is 0 Å². The molecule has 0 aliphatic rings. The van der Waals surface area contributed by atoms with Crippen LogP contribution in [0.2, 0.25) is 0 Å². The van der Waals surface area contributed by atoms with Crippen molar-refractivity contribution in [3.63, 3.8) is 0 Å². The van der Waals surface area contributed by atoms with Gasteiger partial charge in [-0.05, 0) is 77.9 Å². The van der Waals surface area contributed by atoms with Gasteiger partial charge < -0.3 is 19.9 Å². The maximum absolute atomic E-state index is 4.57. The zero-order valence-electron chi connectivity index (χ0n) is 36.0. The van der Waals surface area contributed by atoms with Gasteiger partial charge in [0.05, 0.1) is 0 Å². The molecule has 11 rings (SSSR count). The van der Waals surface area contributed by atoms with E-state index in [9.17, 15) is 0 Å². The maximum atomic E-state index is 4.57. The van der Waals surface area contributed by atoms with E-state index in [4.69, 9.17) is 0 Å². The second kappa shape index (κ2) is 26.7. The molecule has 0 aliphatic carbocycles. The summed E-state index contributed by atoms with van der Waals surface area (Å²) in [5.41, 5.74) is 7.55. The van der Waals surface area contributed by atoms with Crippen LogP contribution in [0.4, 0.5) is 0 Å². The number of hydrogen-bond donors (Lipinski definition) is 0.